The highest BCUT2D eigenvalue weighted by Crippen LogP contribution is 2.17. The van der Waals surface area contributed by atoms with E-state index in [1.54, 1.807) is 24.3 Å². The largest absolute Gasteiger partial charge is 0.331 e. The summed E-state index contributed by atoms with van der Waals surface area (Å²) in [7, 11) is 0. The van der Waals surface area contributed by atoms with E-state index >= 15 is 0 Å². The number of anilines is 2. The van der Waals surface area contributed by atoms with Crippen LogP contribution in [0.4, 0.5) is 21.0 Å². The second-order valence-corrected chi connectivity index (χ2v) is 6.64. The minimum absolute atomic E-state index is 0.314. The summed E-state index contributed by atoms with van der Waals surface area (Å²) in [5, 5.41) is 5.65. The Labute approximate surface area is 170 Å². The molecule has 5 rings (SSSR count). The van der Waals surface area contributed by atoms with E-state index in [1.807, 2.05) is 48.5 Å². The molecule has 8 nitrogen and oxygen atoms in total. The van der Waals surface area contributed by atoms with Gasteiger partial charge in [-0.25, -0.2) is 19.6 Å². The molecule has 0 fully saturated rings. The van der Waals surface area contributed by atoms with Crippen LogP contribution in [-0.4, -0.2) is 31.2 Å². The van der Waals surface area contributed by atoms with Crippen LogP contribution in [0.2, 0.25) is 0 Å². The first kappa shape index (κ1) is 17.6. The molecule has 2 heterocycles. The van der Waals surface area contributed by atoms with Gasteiger partial charge in [-0.1, -0.05) is 24.3 Å². The van der Waals surface area contributed by atoms with E-state index in [0.717, 1.165) is 22.1 Å². The van der Waals surface area contributed by atoms with Crippen LogP contribution in [0.25, 0.3) is 22.1 Å². The summed E-state index contributed by atoms with van der Waals surface area (Å²) < 4.78 is 2.91. The number of benzene rings is 3. The predicted molar refractivity (Wildman–Crippen MR) is 115 cm³/mol. The van der Waals surface area contributed by atoms with E-state index in [1.165, 1.54) is 21.8 Å². The molecule has 3 aromatic carbocycles. The molecule has 0 atom stereocenters. The van der Waals surface area contributed by atoms with Crippen molar-refractivity contribution in [2.45, 2.75) is 0 Å². The molecule has 0 spiro atoms. The SMILES string of the molecule is O=C(Nc1ccc(NC(=O)n2cnc3ccccc32)cc1)n1cnc2ccccc21. The number of rotatable bonds is 2. The van der Waals surface area contributed by atoms with Crippen molar-refractivity contribution < 1.29 is 9.59 Å². The second kappa shape index (κ2) is 7.17. The number of hydrogen-bond donors (Lipinski definition) is 2. The van der Waals surface area contributed by atoms with Gasteiger partial charge in [-0.2, -0.15) is 0 Å². The average molecular weight is 396 g/mol. The number of fused-ring (bicyclic) bond motifs is 2. The third kappa shape index (κ3) is 3.16. The van der Waals surface area contributed by atoms with Crippen molar-refractivity contribution in [2.24, 2.45) is 0 Å². The van der Waals surface area contributed by atoms with E-state index in [0.29, 0.717) is 11.4 Å². The van der Waals surface area contributed by atoms with Gasteiger partial charge in [0, 0.05) is 11.4 Å². The quantitative estimate of drug-likeness (QED) is 0.458. The van der Waals surface area contributed by atoms with Gasteiger partial charge in [0.15, 0.2) is 0 Å². The van der Waals surface area contributed by atoms with Crippen molar-refractivity contribution in [3.8, 4) is 0 Å². The van der Waals surface area contributed by atoms with Crippen LogP contribution in [0.3, 0.4) is 0 Å². The van der Waals surface area contributed by atoms with Crippen molar-refractivity contribution in [3.63, 3.8) is 0 Å². The zero-order chi connectivity index (χ0) is 20.5. The van der Waals surface area contributed by atoms with Crippen molar-refractivity contribution in [2.75, 3.05) is 10.6 Å². The average Bonchev–Trinajstić information content (AvgIpc) is 3.39. The van der Waals surface area contributed by atoms with Gasteiger partial charge in [-0.3, -0.25) is 9.13 Å². The Bertz CT molecular complexity index is 1280. The first-order chi connectivity index (χ1) is 14.7. The fraction of sp³-hybridized carbons (Fsp3) is 0. The summed E-state index contributed by atoms with van der Waals surface area (Å²) in [6, 6.07) is 21.1. The third-order valence-corrected chi connectivity index (χ3v) is 4.73. The molecule has 2 amide bonds. The summed E-state index contributed by atoms with van der Waals surface area (Å²) in [6.45, 7) is 0. The Hall–Kier alpha value is -4.46. The Kier molecular flexibility index (Phi) is 4.21. The molecule has 0 saturated heterocycles. The van der Waals surface area contributed by atoms with Crippen molar-refractivity contribution in [3.05, 3.63) is 85.5 Å². The molecule has 0 aliphatic carbocycles. The monoisotopic (exact) mass is 396 g/mol. The molecule has 5 aromatic rings. The fourth-order valence-electron chi connectivity index (χ4n) is 3.25. The number of nitrogens with zero attached hydrogens (tertiary/aromatic N) is 4. The molecule has 0 bridgehead atoms. The van der Waals surface area contributed by atoms with E-state index in [-0.39, 0.29) is 12.1 Å². The van der Waals surface area contributed by atoms with Gasteiger partial charge in [-0.15, -0.1) is 0 Å². The zero-order valence-corrected chi connectivity index (χ0v) is 15.7. The van der Waals surface area contributed by atoms with E-state index < -0.39 is 0 Å². The smallest absolute Gasteiger partial charge is 0.307 e. The Morgan fingerprint density at radius 3 is 1.43 bits per heavy atom. The molecule has 8 heteroatoms. The van der Waals surface area contributed by atoms with Gasteiger partial charge in [0.2, 0.25) is 0 Å². The first-order valence-corrected chi connectivity index (χ1v) is 9.26. The standard InChI is InChI=1S/C22H16N6O2/c29-21(27-13-23-17-5-1-3-7-19(17)27)25-15-9-11-16(12-10-15)26-22(30)28-14-24-18-6-2-4-8-20(18)28/h1-14H,(H,25,29)(H,26,30). The molecule has 0 saturated carbocycles. The van der Waals surface area contributed by atoms with Crippen LogP contribution in [-0.2, 0) is 0 Å². The van der Waals surface area contributed by atoms with Crippen LogP contribution in [0.1, 0.15) is 0 Å². The normalized spacial score (nSPS) is 10.9. The summed E-state index contributed by atoms with van der Waals surface area (Å²) in [5.74, 6) is 0. The third-order valence-electron chi connectivity index (χ3n) is 4.73. The van der Waals surface area contributed by atoms with Crippen LogP contribution < -0.4 is 10.6 Å². The van der Waals surface area contributed by atoms with Crippen molar-refractivity contribution >= 4 is 45.5 Å². The highest BCUT2D eigenvalue weighted by molar-refractivity contribution is 5.99. The summed E-state index contributed by atoms with van der Waals surface area (Å²) >= 11 is 0. The molecule has 30 heavy (non-hydrogen) atoms. The molecular weight excluding hydrogens is 380 g/mol. The topological polar surface area (TPSA) is 93.8 Å². The number of amides is 2. The fourth-order valence-corrected chi connectivity index (χ4v) is 3.25. The highest BCUT2D eigenvalue weighted by atomic mass is 16.2. The second-order valence-electron chi connectivity index (χ2n) is 6.64. The lowest BCUT2D eigenvalue weighted by molar-refractivity contribution is 0.253. The summed E-state index contributed by atoms with van der Waals surface area (Å²) in [5.41, 5.74) is 4.15. The number of carbonyl (C=O) groups is 2. The summed E-state index contributed by atoms with van der Waals surface area (Å²) in [6.07, 6.45) is 2.98. The predicted octanol–water partition coefficient (Wildman–Crippen LogP) is 4.55. The van der Waals surface area contributed by atoms with Crippen LogP contribution in [0.5, 0.6) is 0 Å². The van der Waals surface area contributed by atoms with Gasteiger partial charge < -0.3 is 10.6 Å². The highest BCUT2D eigenvalue weighted by Gasteiger charge is 2.11. The lowest BCUT2D eigenvalue weighted by atomic mass is 10.3. The van der Waals surface area contributed by atoms with Crippen molar-refractivity contribution in [1.82, 2.24) is 19.1 Å². The number of imidazole rings is 2. The Morgan fingerprint density at radius 1 is 0.600 bits per heavy atom. The molecule has 0 aliphatic rings. The molecule has 0 aliphatic heterocycles. The van der Waals surface area contributed by atoms with Crippen LogP contribution in [0, 0.1) is 0 Å². The lowest BCUT2D eigenvalue weighted by Crippen LogP contribution is -2.19. The molecule has 0 radical (unpaired) electrons. The molecule has 0 unspecified atom stereocenters. The maximum atomic E-state index is 12.6. The van der Waals surface area contributed by atoms with Crippen molar-refractivity contribution in [1.29, 1.82) is 0 Å². The van der Waals surface area contributed by atoms with Gasteiger partial charge in [0.25, 0.3) is 0 Å². The Balaban J connectivity index is 1.29. The first-order valence-electron chi connectivity index (χ1n) is 9.26. The van der Waals surface area contributed by atoms with Gasteiger partial charge in [-0.05, 0) is 48.5 Å². The Morgan fingerprint density at radius 2 is 1.00 bits per heavy atom. The minimum atomic E-state index is -0.314. The lowest BCUT2D eigenvalue weighted by Gasteiger charge is -2.09. The molecule has 146 valence electrons. The maximum Gasteiger partial charge on any atom is 0.331 e. The van der Waals surface area contributed by atoms with E-state index in [9.17, 15) is 9.59 Å². The molecule has 2 aromatic heterocycles. The van der Waals surface area contributed by atoms with E-state index in [2.05, 4.69) is 20.6 Å². The van der Waals surface area contributed by atoms with E-state index in [4.69, 9.17) is 0 Å². The number of para-hydroxylation sites is 4. The molecular formula is C22H16N6O2. The number of hydrogen-bond acceptors (Lipinski definition) is 4. The maximum absolute atomic E-state index is 12.6. The van der Waals surface area contributed by atoms with Gasteiger partial charge in [0.1, 0.15) is 12.7 Å². The van der Waals surface area contributed by atoms with Crippen LogP contribution >= 0.6 is 0 Å². The minimum Gasteiger partial charge on any atom is -0.307 e. The number of nitrogens with one attached hydrogen (secondary N) is 2. The van der Waals surface area contributed by atoms with Gasteiger partial charge >= 0.3 is 12.1 Å². The molecule has 2 N–H and O–H groups in total. The van der Waals surface area contributed by atoms with Gasteiger partial charge in [0.05, 0.1) is 22.1 Å². The number of aromatic nitrogens is 4. The zero-order valence-electron chi connectivity index (χ0n) is 15.7. The number of carbonyl (C=O) groups excluding carboxylic acids is 2. The summed E-state index contributed by atoms with van der Waals surface area (Å²) in [4.78, 5) is 33.6. The van der Waals surface area contributed by atoms with Crippen LogP contribution in [0.15, 0.2) is 85.5 Å².